The first kappa shape index (κ1) is 40.2. The molecule has 0 saturated carbocycles. The quantitative estimate of drug-likeness (QED) is 0.212. The van der Waals surface area contributed by atoms with Crippen molar-refractivity contribution in [2.24, 2.45) is 11.8 Å². The summed E-state index contributed by atoms with van der Waals surface area (Å²) in [4.78, 5) is 0.246. The molecule has 2 N–H and O–H groups in total. The van der Waals surface area contributed by atoms with Crippen LogP contribution in [-0.4, -0.2) is 81.6 Å². The second-order valence-corrected chi connectivity index (χ2v) is 22.1. The van der Waals surface area contributed by atoms with E-state index in [1.807, 2.05) is 27.7 Å². The number of fused-ring (bicyclic) bond motifs is 3. The standard InChI is InChI=1S/C40H44N4O8S4/c1-27-5-13-31(14-6-27)53(45,46)41-21-35-36(22-42-54(47,48)32-15-7-28(2)8-16-32)38-24-44(56(51,52)34-19-11-30(4)12-20-34)26-40(38)39-25-43(23-37(35)39)55(49,50)33-17-9-29(3)10-18-33/h5-20,39-42H,21-26H2,1-4H3/t39-,40-/m0/s1. The number of hydrogen-bond acceptors (Lipinski definition) is 8. The summed E-state index contributed by atoms with van der Waals surface area (Å²) in [7, 11) is -16.3. The summed E-state index contributed by atoms with van der Waals surface area (Å²) in [5, 5.41) is 0. The minimum absolute atomic E-state index is 0.0225. The predicted molar refractivity (Wildman–Crippen MR) is 214 cm³/mol. The third kappa shape index (κ3) is 7.81. The average molecular weight is 837 g/mol. The second kappa shape index (κ2) is 15.1. The van der Waals surface area contributed by atoms with Gasteiger partial charge in [0, 0.05) is 51.1 Å². The summed E-state index contributed by atoms with van der Waals surface area (Å²) in [6, 6.07) is 25.7. The Morgan fingerprint density at radius 3 is 1.00 bits per heavy atom. The summed E-state index contributed by atoms with van der Waals surface area (Å²) >= 11 is 0. The van der Waals surface area contributed by atoms with Gasteiger partial charge in [-0.2, -0.15) is 8.61 Å². The normalized spacial score (nSPS) is 19.7. The van der Waals surface area contributed by atoms with Crippen molar-refractivity contribution in [2.45, 2.75) is 47.3 Å². The van der Waals surface area contributed by atoms with Crippen LogP contribution in [0.2, 0.25) is 0 Å². The van der Waals surface area contributed by atoms with Crippen molar-refractivity contribution in [2.75, 3.05) is 39.3 Å². The molecule has 2 fully saturated rings. The Kier molecular flexibility index (Phi) is 10.8. The van der Waals surface area contributed by atoms with Gasteiger partial charge in [-0.15, -0.1) is 0 Å². The summed E-state index contributed by atoms with van der Waals surface area (Å²) < 4.78 is 119. The molecule has 0 spiro atoms. The van der Waals surface area contributed by atoms with Crippen LogP contribution in [0, 0.1) is 39.5 Å². The van der Waals surface area contributed by atoms with Gasteiger partial charge in [0.15, 0.2) is 0 Å². The molecule has 0 radical (unpaired) electrons. The first-order valence-corrected chi connectivity index (χ1v) is 23.9. The minimum Gasteiger partial charge on any atom is -0.207 e. The smallest absolute Gasteiger partial charge is 0.207 e. The zero-order valence-corrected chi connectivity index (χ0v) is 34.7. The van der Waals surface area contributed by atoms with E-state index in [4.69, 9.17) is 0 Å². The van der Waals surface area contributed by atoms with Gasteiger partial charge in [0.05, 0.1) is 19.6 Å². The van der Waals surface area contributed by atoms with E-state index < -0.39 is 51.9 Å². The summed E-state index contributed by atoms with van der Waals surface area (Å²) in [5.74, 6) is -1.03. The minimum atomic E-state index is -4.09. The maximum absolute atomic E-state index is 14.2. The summed E-state index contributed by atoms with van der Waals surface area (Å²) in [6.45, 7) is 6.67. The first-order valence-electron chi connectivity index (χ1n) is 18.1. The van der Waals surface area contributed by atoms with Crippen LogP contribution in [0.4, 0.5) is 0 Å². The van der Waals surface area contributed by atoms with Crippen LogP contribution in [0.5, 0.6) is 0 Å². The molecule has 4 aromatic carbocycles. The van der Waals surface area contributed by atoms with Gasteiger partial charge in [-0.25, -0.2) is 43.1 Å². The highest BCUT2D eigenvalue weighted by atomic mass is 32.2. The van der Waals surface area contributed by atoms with E-state index in [1.165, 1.54) is 57.1 Å². The van der Waals surface area contributed by atoms with Crippen molar-refractivity contribution in [3.05, 3.63) is 142 Å². The lowest BCUT2D eigenvalue weighted by atomic mass is 9.74. The van der Waals surface area contributed by atoms with Crippen LogP contribution in [-0.2, 0) is 40.1 Å². The average Bonchev–Trinajstić information content (AvgIpc) is 3.81. The van der Waals surface area contributed by atoms with Crippen LogP contribution < -0.4 is 9.44 Å². The van der Waals surface area contributed by atoms with Gasteiger partial charge in [0.1, 0.15) is 0 Å². The number of aryl methyl sites for hydroxylation is 4. The summed E-state index contributed by atoms with van der Waals surface area (Å²) in [6.07, 6.45) is 0. The van der Waals surface area contributed by atoms with Crippen molar-refractivity contribution >= 4 is 40.1 Å². The van der Waals surface area contributed by atoms with Crippen molar-refractivity contribution in [3.63, 3.8) is 0 Å². The van der Waals surface area contributed by atoms with Gasteiger partial charge in [0.2, 0.25) is 40.1 Å². The number of nitrogens with one attached hydrogen (secondary N) is 2. The Labute approximate surface area is 330 Å². The van der Waals surface area contributed by atoms with Crippen LogP contribution in [0.3, 0.4) is 0 Å². The molecule has 2 heterocycles. The molecular weight excluding hydrogens is 793 g/mol. The molecule has 2 saturated heterocycles. The van der Waals surface area contributed by atoms with Crippen LogP contribution in [0.15, 0.2) is 139 Å². The van der Waals surface area contributed by atoms with Gasteiger partial charge >= 0.3 is 0 Å². The fraction of sp³-hybridized carbons (Fsp3) is 0.300. The zero-order chi connectivity index (χ0) is 40.2. The number of sulfonamides is 4. The Hall–Kier alpha value is -4.00. The number of benzene rings is 4. The Morgan fingerprint density at radius 1 is 0.446 bits per heavy atom. The molecule has 0 aromatic heterocycles. The Bertz CT molecular complexity index is 2490. The Morgan fingerprint density at radius 2 is 0.714 bits per heavy atom. The molecule has 7 rings (SSSR count). The molecule has 0 unspecified atom stereocenters. The van der Waals surface area contributed by atoms with Gasteiger partial charge in [-0.1, -0.05) is 70.8 Å². The molecule has 12 nitrogen and oxygen atoms in total. The molecule has 56 heavy (non-hydrogen) atoms. The van der Waals surface area contributed by atoms with E-state index in [0.29, 0.717) is 22.3 Å². The second-order valence-electron chi connectivity index (χ2n) is 14.7. The highest BCUT2D eigenvalue weighted by Crippen LogP contribution is 2.48. The van der Waals surface area contributed by atoms with Crippen molar-refractivity contribution < 1.29 is 33.7 Å². The highest BCUT2D eigenvalue weighted by molar-refractivity contribution is 7.90. The van der Waals surface area contributed by atoms with E-state index in [-0.39, 0.29) is 58.9 Å². The van der Waals surface area contributed by atoms with E-state index in [9.17, 15) is 33.7 Å². The fourth-order valence-electron chi connectivity index (χ4n) is 7.63. The van der Waals surface area contributed by atoms with E-state index in [1.54, 1.807) is 48.5 Å². The number of rotatable bonds is 12. The molecule has 16 heteroatoms. The van der Waals surface area contributed by atoms with Gasteiger partial charge < -0.3 is 0 Å². The van der Waals surface area contributed by atoms with Crippen molar-refractivity contribution in [1.29, 1.82) is 0 Å². The van der Waals surface area contributed by atoms with Gasteiger partial charge in [-0.05, 0) is 98.5 Å². The third-order valence-electron chi connectivity index (χ3n) is 10.9. The molecule has 1 aliphatic carbocycles. The monoisotopic (exact) mass is 836 g/mol. The van der Waals surface area contributed by atoms with Gasteiger partial charge in [0.25, 0.3) is 0 Å². The topological polar surface area (TPSA) is 167 Å². The maximum Gasteiger partial charge on any atom is 0.243 e. The molecule has 4 aromatic rings. The predicted octanol–water partition coefficient (Wildman–Crippen LogP) is 4.43. The molecule has 296 valence electrons. The molecule has 0 bridgehead atoms. The summed E-state index contributed by atoms with van der Waals surface area (Å²) in [5.41, 5.74) is 5.60. The SMILES string of the molecule is Cc1ccc(S(=O)(=O)NCC2=C3CN(S(=O)(=O)c4ccc(C)cc4)C[C@@H]3[C@H]3CN(S(=O)(=O)c4ccc(C)cc4)CC3=C2CNS(=O)(=O)c2ccc(C)cc2)cc1. The van der Waals surface area contributed by atoms with Crippen molar-refractivity contribution in [1.82, 2.24) is 18.1 Å². The van der Waals surface area contributed by atoms with Gasteiger partial charge in [-0.3, -0.25) is 0 Å². The lowest BCUT2D eigenvalue weighted by Gasteiger charge is -2.32. The third-order valence-corrected chi connectivity index (χ3v) is 17.4. The zero-order valence-electron chi connectivity index (χ0n) is 31.4. The van der Waals surface area contributed by atoms with Crippen LogP contribution >= 0.6 is 0 Å². The fourth-order valence-corrected chi connectivity index (χ4v) is 12.5. The maximum atomic E-state index is 14.2. The van der Waals surface area contributed by atoms with E-state index in [0.717, 1.165) is 22.3 Å². The molecule has 0 amide bonds. The molecule has 3 aliphatic rings. The highest BCUT2D eigenvalue weighted by Gasteiger charge is 2.50. The lowest BCUT2D eigenvalue weighted by Crippen LogP contribution is -2.36. The van der Waals surface area contributed by atoms with Crippen molar-refractivity contribution in [3.8, 4) is 0 Å². The van der Waals surface area contributed by atoms with E-state index in [2.05, 4.69) is 9.44 Å². The van der Waals surface area contributed by atoms with E-state index >= 15 is 0 Å². The lowest BCUT2D eigenvalue weighted by molar-refractivity contribution is 0.382. The largest absolute Gasteiger partial charge is 0.243 e. The van der Waals surface area contributed by atoms with Crippen LogP contribution in [0.1, 0.15) is 22.3 Å². The molecule has 2 atom stereocenters. The molecular formula is C40H44N4O8S4. The first-order chi connectivity index (χ1) is 26.4. The Balaban J connectivity index is 1.34. The molecule has 2 aliphatic heterocycles. The van der Waals surface area contributed by atoms with Crippen LogP contribution in [0.25, 0.3) is 0 Å². The number of hydrogen-bond donors (Lipinski definition) is 2. The number of nitrogens with zero attached hydrogens (tertiary/aromatic N) is 2.